The minimum atomic E-state index is -0.609. The molecular weight excluding hydrogens is 256 g/mol. The van der Waals surface area contributed by atoms with Gasteiger partial charge in [-0.3, -0.25) is 0 Å². The van der Waals surface area contributed by atoms with Crippen molar-refractivity contribution in [3.05, 3.63) is 76.8 Å². The van der Waals surface area contributed by atoms with Gasteiger partial charge in [-0.2, -0.15) is 0 Å². The number of hydrogen-bond acceptors (Lipinski definition) is 1. The molecule has 2 aromatic rings. The lowest BCUT2D eigenvalue weighted by atomic mass is 10.1. The Bertz CT molecular complexity index is 519. The molecule has 0 fully saturated rings. The maximum Gasteiger partial charge on any atom is 0.0899 e. The zero-order chi connectivity index (χ0) is 13.5. The summed E-state index contributed by atoms with van der Waals surface area (Å²) in [6.45, 7) is 0. The zero-order valence-electron chi connectivity index (χ0n) is 10.7. The molecule has 1 N–H and O–H groups in total. The summed E-state index contributed by atoms with van der Waals surface area (Å²) in [5.74, 6) is 0. The fourth-order valence-electron chi connectivity index (χ4n) is 1.89. The Morgan fingerprint density at radius 1 is 1.00 bits per heavy atom. The van der Waals surface area contributed by atoms with Gasteiger partial charge < -0.3 is 5.11 Å². The normalized spacial score (nSPS) is 13.3. The molecular formula is C17H17ClO. The highest BCUT2D eigenvalue weighted by atomic mass is 35.5. The summed E-state index contributed by atoms with van der Waals surface area (Å²) >= 11 is 6.14. The minimum Gasteiger partial charge on any atom is -0.387 e. The van der Waals surface area contributed by atoms with Crippen molar-refractivity contribution in [1.82, 2.24) is 0 Å². The van der Waals surface area contributed by atoms with E-state index < -0.39 is 6.10 Å². The molecule has 2 aromatic carbocycles. The molecule has 0 aliphatic heterocycles. The number of aliphatic hydroxyl groups excluding tert-OH is 1. The van der Waals surface area contributed by atoms with E-state index in [1.54, 1.807) is 0 Å². The van der Waals surface area contributed by atoms with E-state index in [0.717, 1.165) is 12.0 Å². The molecule has 0 amide bonds. The van der Waals surface area contributed by atoms with Crippen molar-refractivity contribution in [2.45, 2.75) is 18.9 Å². The summed E-state index contributed by atoms with van der Waals surface area (Å²) in [5.41, 5.74) is 2.22. The van der Waals surface area contributed by atoms with Gasteiger partial charge in [-0.25, -0.2) is 0 Å². The van der Waals surface area contributed by atoms with Crippen LogP contribution in [0.5, 0.6) is 0 Å². The summed E-state index contributed by atoms with van der Waals surface area (Å²) in [6, 6.07) is 19.9. The third-order valence-corrected chi connectivity index (χ3v) is 3.33. The first-order chi connectivity index (χ1) is 9.25. The van der Waals surface area contributed by atoms with Crippen LogP contribution >= 0.6 is 11.6 Å². The summed E-state index contributed by atoms with van der Waals surface area (Å²) in [5, 5.41) is 10.5. The second kappa shape index (κ2) is 7.13. The zero-order valence-corrected chi connectivity index (χ0v) is 11.4. The number of rotatable bonds is 5. The predicted molar refractivity (Wildman–Crippen MR) is 81.0 cm³/mol. The van der Waals surface area contributed by atoms with Crippen molar-refractivity contribution in [2.75, 3.05) is 0 Å². The molecule has 2 heteroatoms. The fourth-order valence-corrected chi connectivity index (χ4v) is 2.13. The lowest BCUT2D eigenvalue weighted by molar-refractivity contribution is 0.209. The van der Waals surface area contributed by atoms with Gasteiger partial charge in [0, 0.05) is 5.03 Å². The van der Waals surface area contributed by atoms with E-state index in [1.165, 1.54) is 5.56 Å². The average molecular weight is 273 g/mol. The van der Waals surface area contributed by atoms with Gasteiger partial charge in [0.1, 0.15) is 0 Å². The molecule has 0 spiro atoms. The van der Waals surface area contributed by atoms with Crippen molar-refractivity contribution >= 4 is 17.7 Å². The van der Waals surface area contributed by atoms with E-state index in [4.69, 9.17) is 11.6 Å². The van der Waals surface area contributed by atoms with Crippen LogP contribution in [0.3, 0.4) is 0 Å². The van der Waals surface area contributed by atoms with Crippen molar-refractivity contribution in [3.63, 3.8) is 0 Å². The molecule has 0 saturated heterocycles. The summed E-state index contributed by atoms with van der Waals surface area (Å²) < 4.78 is 0. The summed E-state index contributed by atoms with van der Waals surface area (Å²) in [6.07, 6.45) is 2.66. The number of aliphatic hydroxyl groups is 1. The molecule has 0 aliphatic carbocycles. The smallest absolute Gasteiger partial charge is 0.0899 e. The van der Waals surface area contributed by atoms with Crippen LogP contribution in [0.2, 0.25) is 0 Å². The molecule has 0 heterocycles. The van der Waals surface area contributed by atoms with E-state index in [0.29, 0.717) is 11.5 Å². The summed E-state index contributed by atoms with van der Waals surface area (Å²) in [4.78, 5) is 0. The van der Waals surface area contributed by atoms with Crippen LogP contribution in [-0.2, 0) is 6.42 Å². The van der Waals surface area contributed by atoms with Gasteiger partial charge in [-0.1, -0.05) is 72.3 Å². The van der Waals surface area contributed by atoms with Crippen LogP contribution in [0.4, 0.5) is 0 Å². The molecule has 0 aliphatic rings. The highest BCUT2D eigenvalue weighted by Crippen LogP contribution is 2.18. The largest absolute Gasteiger partial charge is 0.387 e. The first kappa shape index (κ1) is 13.9. The van der Waals surface area contributed by atoms with Crippen molar-refractivity contribution in [2.24, 2.45) is 0 Å². The van der Waals surface area contributed by atoms with E-state index in [1.807, 2.05) is 54.6 Å². The van der Waals surface area contributed by atoms with Crippen molar-refractivity contribution in [3.8, 4) is 0 Å². The first-order valence-corrected chi connectivity index (χ1v) is 6.77. The second-order valence-electron chi connectivity index (χ2n) is 4.48. The Hall–Kier alpha value is -1.57. The van der Waals surface area contributed by atoms with Gasteiger partial charge in [-0.15, -0.1) is 0 Å². The molecule has 1 atom stereocenters. The molecule has 0 aromatic heterocycles. The maximum absolute atomic E-state index is 10.0. The highest BCUT2D eigenvalue weighted by Gasteiger charge is 2.08. The first-order valence-electron chi connectivity index (χ1n) is 6.40. The van der Waals surface area contributed by atoms with Crippen molar-refractivity contribution in [1.29, 1.82) is 0 Å². The van der Waals surface area contributed by atoms with Crippen LogP contribution in [0.25, 0.3) is 6.08 Å². The number of halogens is 1. The third-order valence-electron chi connectivity index (χ3n) is 2.97. The van der Waals surface area contributed by atoms with Gasteiger partial charge in [0.05, 0.1) is 6.10 Å². The monoisotopic (exact) mass is 272 g/mol. The highest BCUT2D eigenvalue weighted by molar-refractivity contribution is 6.32. The Labute approximate surface area is 119 Å². The second-order valence-corrected chi connectivity index (χ2v) is 4.92. The predicted octanol–water partition coefficient (Wildman–Crippen LogP) is 4.26. The third kappa shape index (κ3) is 4.55. The number of aryl methyl sites for hydroxylation is 1. The van der Waals surface area contributed by atoms with Crippen LogP contribution in [0.1, 0.15) is 17.5 Å². The van der Waals surface area contributed by atoms with E-state index >= 15 is 0 Å². The Kier molecular flexibility index (Phi) is 5.20. The van der Waals surface area contributed by atoms with Gasteiger partial charge >= 0.3 is 0 Å². The maximum atomic E-state index is 10.0. The Morgan fingerprint density at radius 2 is 1.58 bits per heavy atom. The van der Waals surface area contributed by atoms with Gasteiger partial charge in [-0.05, 0) is 30.0 Å². The van der Waals surface area contributed by atoms with Crippen LogP contribution in [0, 0.1) is 0 Å². The van der Waals surface area contributed by atoms with Gasteiger partial charge in [0.15, 0.2) is 0 Å². The molecule has 1 nitrogen and oxygen atoms in total. The molecule has 0 saturated carbocycles. The number of benzene rings is 2. The molecule has 98 valence electrons. The van der Waals surface area contributed by atoms with Crippen LogP contribution in [0.15, 0.2) is 65.7 Å². The fraction of sp³-hybridized carbons (Fsp3) is 0.176. The van der Waals surface area contributed by atoms with Crippen molar-refractivity contribution < 1.29 is 5.11 Å². The quantitative estimate of drug-likeness (QED) is 0.862. The molecule has 0 bridgehead atoms. The molecule has 0 radical (unpaired) electrons. The lowest BCUT2D eigenvalue weighted by Gasteiger charge is -2.09. The topological polar surface area (TPSA) is 20.2 Å². The molecule has 1 unspecified atom stereocenters. The average Bonchev–Trinajstić information content (AvgIpc) is 2.47. The van der Waals surface area contributed by atoms with Crippen LogP contribution in [-0.4, -0.2) is 11.2 Å². The van der Waals surface area contributed by atoms with Gasteiger partial charge in [0.2, 0.25) is 0 Å². The Balaban J connectivity index is 1.93. The Morgan fingerprint density at radius 3 is 2.21 bits per heavy atom. The lowest BCUT2D eigenvalue weighted by Crippen LogP contribution is -2.08. The summed E-state index contributed by atoms with van der Waals surface area (Å²) in [7, 11) is 0. The SMILES string of the molecule is OC(CCc1ccccc1)/C(Cl)=C/c1ccccc1. The van der Waals surface area contributed by atoms with E-state index in [2.05, 4.69) is 12.1 Å². The van der Waals surface area contributed by atoms with Crippen LogP contribution < -0.4 is 0 Å². The van der Waals surface area contributed by atoms with Gasteiger partial charge in [0.25, 0.3) is 0 Å². The van der Waals surface area contributed by atoms with E-state index in [9.17, 15) is 5.11 Å². The minimum absolute atomic E-state index is 0.488. The number of hydrogen-bond donors (Lipinski definition) is 1. The standard InChI is InChI=1S/C17H17ClO/c18-16(13-15-9-5-2-6-10-15)17(19)12-11-14-7-3-1-4-8-14/h1-10,13,17,19H,11-12H2/b16-13-. The van der Waals surface area contributed by atoms with E-state index in [-0.39, 0.29) is 0 Å². The molecule has 19 heavy (non-hydrogen) atoms. The molecule has 2 rings (SSSR count).